The van der Waals surface area contributed by atoms with E-state index in [9.17, 15) is 0 Å². The monoisotopic (exact) mass is 280 g/mol. The van der Waals surface area contributed by atoms with Crippen LogP contribution < -0.4 is 0 Å². The number of hydrogen-bond acceptors (Lipinski definition) is 1. The highest BCUT2D eigenvalue weighted by Gasteiger charge is 2.06. The molecule has 0 radical (unpaired) electrons. The summed E-state index contributed by atoms with van der Waals surface area (Å²) in [6, 6.07) is 12.9. The molecule has 0 atom stereocenters. The quantitative estimate of drug-likeness (QED) is 0.541. The number of alkyl halides is 2. The molecule has 0 saturated carbocycles. The highest BCUT2D eigenvalue weighted by molar-refractivity contribution is 7.25. The van der Waals surface area contributed by atoms with Crippen LogP contribution in [0.25, 0.3) is 20.2 Å². The van der Waals surface area contributed by atoms with Crippen LogP contribution in [0.3, 0.4) is 0 Å². The molecule has 3 heteroatoms. The molecule has 0 fully saturated rings. The van der Waals surface area contributed by atoms with Gasteiger partial charge in [0, 0.05) is 31.9 Å². The van der Waals surface area contributed by atoms with E-state index in [1.54, 1.807) is 11.3 Å². The maximum Gasteiger partial charge on any atom is 0.0474 e. The highest BCUT2D eigenvalue weighted by atomic mass is 35.5. The molecule has 0 amide bonds. The average Bonchev–Trinajstić information content (AvgIpc) is 2.74. The maximum absolute atomic E-state index is 5.86. The Kier molecular flexibility index (Phi) is 2.99. The summed E-state index contributed by atoms with van der Waals surface area (Å²) in [4.78, 5) is 0. The molecule has 0 saturated heterocycles. The van der Waals surface area contributed by atoms with E-state index >= 15 is 0 Å². The largest absolute Gasteiger partial charge is 0.135 e. The summed E-state index contributed by atoms with van der Waals surface area (Å²) in [5, 5.41) is 2.61. The Morgan fingerprint density at radius 1 is 0.765 bits per heavy atom. The van der Waals surface area contributed by atoms with Crippen molar-refractivity contribution in [2.45, 2.75) is 11.8 Å². The summed E-state index contributed by atoms with van der Waals surface area (Å²) in [6.07, 6.45) is 0. The van der Waals surface area contributed by atoms with Gasteiger partial charge in [0.1, 0.15) is 0 Å². The van der Waals surface area contributed by atoms with Crippen LogP contribution >= 0.6 is 34.5 Å². The van der Waals surface area contributed by atoms with E-state index in [4.69, 9.17) is 23.2 Å². The zero-order valence-corrected chi connectivity index (χ0v) is 11.4. The van der Waals surface area contributed by atoms with Gasteiger partial charge < -0.3 is 0 Å². The fourth-order valence-electron chi connectivity index (χ4n) is 2.03. The van der Waals surface area contributed by atoms with E-state index in [0.29, 0.717) is 11.8 Å². The van der Waals surface area contributed by atoms with Crippen LogP contribution in [0.5, 0.6) is 0 Å². The van der Waals surface area contributed by atoms with Gasteiger partial charge in [-0.15, -0.1) is 34.5 Å². The molecule has 0 nitrogen and oxygen atoms in total. The van der Waals surface area contributed by atoms with Gasteiger partial charge in [-0.05, 0) is 23.3 Å². The maximum atomic E-state index is 5.86. The van der Waals surface area contributed by atoms with Gasteiger partial charge in [0.15, 0.2) is 0 Å². The van der Waals surface area contributed by atoms with Crippen molar-refractivity contribution in [3.63, 3.8) is 0 Å². The molecule has 86 valence electrons. The van der Waals surface area contributed by atoms with E-state index in [1.807, 2.05) is 0 Å². The van der Waals surface area contributed by atoms with E-state index in [2.05, 4.69) is 36.4 Å². The number of hydrogen-bond donors (Lipinski definition) is 0. The second-order valence-electron chi connectivity index (χ2n) is 4.03. The lowest BCUT2D eigenvalue weighted by Gasteiger charge is -1.96. The van der Waals surface area contributed by atoms with E-state index in [1.165, 1.54) is 31.3 Å². The lowest BCUT2D eigenvalue weighted by atomic mass is 10.1. The Hall–Kier alpha value is -0.760. The predicted octanol–water partition coefficient (Wildman–Crippen LogP) is 5.53. The molecule has 1 heterocycles. The lowest BCUT2D eigenvalue weighted by Crippen LogP contribution is -1.76. The number of fused-ring (bicyclic) bond motifs is 3. The Morgan fingerprint density at radius 2 is 1.24 bits per heavy atom. The van der Waals surface area contributed by atoms with Crippen molar-refractivity contribution < 1.29 is 0 Å². The van der Waals surface area contributed by atoms with Crippen molar-refractivity contribution in [3.05, 3.63) is 47.5 Å². The molecule has 0 N–H and O–H groups in total. The molecule has 3 aromatic rings. The Bertz CT molecular complexity index is 627. The fourth-order valence-corrected chi connectivity index (χ4v) is 3.60. The van der Waals surface area contributed by atoms with Crippen LogP contribution in [0, 0.1) is 0 Å². The standard InChI is InChI=1S/C14H10Cl2S/c15-7-9-1-3-11-12-4-2-10(8-16)6-14(12)17-13(11)5-9/h1-6H,7-8H2. The molecular weight excluding hydrogens is 271 g/mol. The Balaban J connectivity index is 2.32. The number of benzene rings is 2. The van der Waals surface area contributed by atoms with Gasteiger partial charge >= 0.3 is 0 Å². The summed E-state index contributed by atoms with van der Waals surface area (Å²) >= 11 is 13.5. The van der Waals surface area contributed by atoms with Gasteiger partial charge in [0.05, 0.1) is 0 Å². The van der Waals surface area contributed by atoms with Crippen molar-refractivity contribution in [2.75, 3.05) is 0 Å². The lowest BCUT2D eigenvalue weighted by molar-refractivity contribution is 1.43. The van der Waals surface area contributed by atoms with Crippen LogP contribution in [-0.4, -0.2) is 0 Å². The first kappa shape index (κ1) is 11.3. The van der Waals surface area contributed by atoms with Gasteiger partial charge in [-0.25, -0.2) is 0 Å². The van der Waals surface area contributed by atoms with Gasteiger partial charge in [-0.2, -0.15) is 0 Å². The first-order valence-electron chi connectivity index (χ1n) is 5.38. The minimum atomic E-state index is 0.567. The van der Waals surface area contributed by atoms with Gasteiger partial charge in [0.2, 0.25) is 0 Å². The number of halogens is 2. The second-order valence-corrected chi connectivity index (χ2v) is 5.65. The normalized spacial score (nSPS) is 11.4. The molecule has 0 unspecified atom stereocenters. The van der Waals surface area contributed by atoms with Crippen molar-refractivity contribution in [3.8, 4) is 0 Å². The number of rotatable bonds is 2. The highest BCUT2D eigenvalue weighted by Crippen LogP contribution is 2.35. The summed E-state index contributed by atoms with van der Waals surface area (Å²) in [5.74, 6) is 1.13. The van der Waals surface area contributed by atoms with E-state index < -0.39 is 0 Å². The number of thiophene rings is 1. The van der Waals surface area contributed by atoms with Gasteiger partial charge in [-0.1, -0.05) is 24.3 Å². The topological polar surface area (TPSA) is 0 Å². The van der Waals surface area contributed by atoms with Crippen molar-refractivity contribution >= 4 is 54.7 Å². The molecule has 0 aliphatic heterocycles. The van der Waals surface area contributed by atoms with E-state index in [0.717, 1.165) is 0 Å². The first-order valence-corrected chi connectivity index (χ1v) is 7.26. The SMILES string of the molecule is ClCc1ccc2c(c1)sc1cc(CCl)ccc12. The van der Waals surface area contributed by atoms with Crippen LogP contribution in [0.2, 0.25) is 0 Å². The average molecular weight is 281 g/mol. The van der Waals surface area contributed by atoms with Crippen LogP contribution in [0.15, 0.2) is 36.4 Å². The molecule has 3 rings (SSSR count). The van der Waals surface area contributed by atoms with Crippen LogP contribution in [-0.2, 0) is 11.8 Å². The first-order chi connectivity index (χ1) is 8.31. The summed E-state index contributed by atoms with van der Waals surface area (Å²) in [6.45, 7) is 0. The molecule has 0 spiro atoms. The predicted molar refractivity (Wildman–Crippen MR) is 78.4 cm³/mol. The fraction of sp³-hybridized carbons (Fsp3) is 0.143. The Morgan fingerprint density at radius 3 is 1.65 bits per heavy atom. The molecule has 17 heavy (non-hydrogen) atoms. The van der Waals surface area contributed by atoms with Crippen LogP contribution in [0.1, 0.15) is 11.1 Å². The second kappa shape index (κ2) is 4.49. The van der Waals surface area contributed by atoms with Gasteiger partial charge in [-0.3, -0.25) is 0 Å². The van der Waals surface area contributed by atoms with E-state index in [-0.39, 0.29) is 0 Å². The molecule has 2 aromatic carbocycles. The molecule has 0 aliphatic rings. The Labute approximate surface area is 114 Å². The molecular formula is C14H10Cl2S. The molecule has 0 aliphatic carbocycles. The summed E-state index contributed by atoms with van der Waals surface area (Å²) in [7, 11) is 0. The van der Waals surface area contributed by atoms with Crippen molar-refractivity contribution in [1.82, 2.24) is 0 Å². The van der Waals surface area contributed by atoms with Gasteiger partial charge in [0.25, 0.3) is 0 Å². The van der Waals surface area contributed by atoms with Crippen molar-refractivity contribution in [1.29, 1.82) is 0 Å². The third kappa shape index (κ3) is 1.93. The summed E-state index contributed by atoms with van der Waals surface area (Å²) in [5.41, 5.74) is 2.34. The molecule has 0 bridgehead atoms. The minimum absolute atomic E-state index is 0.567. The summed E-state index contributed by atoms with van der Waals surface area (Å²) < 4.78 is 2.59. The third-order valence-corrected chi connectivity index (χ3v) is 4.64. The van der Waals surface area contributed by atoms with Crippen LogP contribution in [0.4, 0.5) is 0 Å². The zero-order valence-electron chi connectivity index (χ0n) is 9.04. The molecule has 1 aromatic heterocycles. The zero-order chi connectivity index (χ0) is 11.8. The smallest absolute Gasteiger partial charge is 0.0474 e. The minimum Gasteiger partial charge on any atom is -0.135 e. The van der Waals surface area contributed by atoms with Crippen molar-refractivity contribution in [2.24, 2.45) is 0 Å². The third-order valence-electron chi connectivity index (χ3n) is 2.91.